The summed E-state index contributed by atoms with van der Waals surface area (Å²) in [4.78, 5) is 51.2. The molecule has 0 radical (unpaired) electrons. The fraction of sp³-hybridized carbons (Fsp3) is 0.810. The largest absolute Gasteiger partial charge is 0.480 e. The van der Waals surface area contributed by atoms with Gasteiger partial charge >= 0.3 is 5.97 Å². The first-order valence-corrected chi connectivity index (χ1v) is 11.3. The Kier molecular flexibility index (Phi) is 11.6. The first-order valence-electron chi connectivity index (χ1n) is 11.3. The van der Waals surface area contributed by atoms with Crippen LogP contribution in [0.5, 0.6) is 0 Å². The number of likely N-dealkylation sites (tertiary alicyclic amines) is 1. The first-order chi connectivity index (χ1) is 15.0. The van der Waals surface area contributed by atoms with Crippen LogP contribution in [-0.4, -0.2) is 82.2 Å². The number of aliphatic hydroxyl groups excluding tert-OH is 1. The zero-order valence-corrected chi connectivity index (χ0v) is 19.3. The molecule has 184 valence electrons. The van der Waals surface area contributed by atoms with Gasteiger partial charge in [-0.15, -0.1) is 0 Å². The predicted octanol–water partition coefficient (Wildman–Crippen LogP) is -1.09. The number of unbranched alkanes of at least 4 members (excludes halogenated alkanes) is 1. The highest BCUT2D eigenvalue weighted by molar-refractivity contribution is 5.94. The van der Waals surface area contributed by atoms with E-state index in [2.05, 4.69) is 10.6 Å². The number of carbonyl (C=O) groups is 4. The van der Waals surface area contributed by atoms with Crippen LogP contribution in [-0.2, 0) is 19.2 Å². The number of nitrogens with zero attached hydrogens (tertiary/aromatic N) is 1. The maximum Gasteiger partial charge on any atom is 0.328 e. The van der Waals surface area contributed by atoms with Crippen LogP contribution in [0.3, 0.4) is 0 Å². The van der Waals surface area contributed by atoms with Crippen molar-refractivity contribution >= 4 is 23.7 Å². The summed E-state index contributed by atoms with van der Waals surface area (Å²) in [6, 6.07) is -3.96. The smallest absolute Gasteiger partial charge is 0.328 e. The number of nitrogens with two attached hydrogens (primary N) is 2. The second-order valence-corrected chi connectivity index (χ2v) is 8.84. The third-order valence-corrected chi connectivity index (χ3v) is 5.51. The minimum absolute atomic E-state index is 0.213. The Morgan fingerprint density at radius 3 is 2.31 bits per heavy atom. The zero-order chi connectivity index (χ0) is 24.4. The minimum atomic E-state index is -1.48. The van der Waals surface area contributed by atoms with Crippen molar-refractivity contribution in [1.29, 1.82) is 0 Å². The van der Waals surface area contributed by atoms with E-state index in [0.717, 1.165) is 0 Å². The molecule has 3 amide bonds. The molecule has 1 fully saturated rings. The van der Waals surface area contributed by atoms with E-state index >= 15 is 0 Å². The number of amides is 3. The lowest BCUT2D eigenvalue weighted by Gasteiger charge is -2.30. The monoisotopic (exact) mass is 457 g/mol. The topological polar surface area (TPSA) is 188 Å². The molecule has 0 aromatic carbocycles. The van der Waals surface area contributed by atoms with Gasteiger partial charge in [0.15, 0.2) is 6.04 Å². The Labute approximate surface area is 189 Å². The Morgan fingerprint density at radius 2 is 1.78 bits per heavy atom. The number of nitrogens with one attached hydrogen (secondary N) is 2. The maximum absolute atomic E-state index is 13.3. The molecule has 1 aliphatic rings. The van der Waals surface area contributed by atoms with Crippen LogP contribution in [0, 0.1) is 5.92 Å². The van der Waals surface area contributed by atoms with Crippen LogP contribution >= 0.6 is 0 Å². The van der Waals surface area contributed by atoms with Crippen molar-refractivity contribution in [1.82, 2.24) is 15.5 Å². The highest BCUT2D eigenvalue weighted by Crippen LogP contribution is 2.20. The number of hydrogen-bond acceptors (Lipinski definition) is 7. The second-order valence-electron chi connectivity index (χ2n) is 8.84. The standard InChI is InChI=1S/C21H39N5O6/c1-12(2)11-14(23)18(28)24-15(7-4-5-9-22)20(30)26-10-6-8-16(26)19(29)25-17(13(3)27)21(31)32/h12-17,27H,4-11,22-23H2,1-3H3,(H,24,28)(H,25,29)(H,31,32). The number of rotatable bonds is 13. The summed E-state index contributed by atoms with van der Waals surface area (Å²) in [6.45, 7) is 5.92. The van der Waals surface area contributed by atoms with Crippen LogP contribution < -0.4 is 22.1 Å². The third-order valence-electron chi connectivity index (χ3n) is 5.51. The SMILES string of the molecule is CC(C)CC(N)C(=O)NC(CCCCN)C(=O)N1CCCC1C(=O)NC(C(=O)O)C(C)O. The highest BCUT2D eigenvalue weighted by atomic mass is 16.4. The van der Waals surface area contributed by atoms with Crippen molar-refractivity contribution in [2.75, 3.05) is 13.1 Å². The third kappa shape index (κ3) is 8.36. The minimum Gasteiger partial charge on any atom is -0.480 e. The molecular formula is C21H39N5O6. The molecule has 5 atom stereocenters. The number of carboxylic acid groups (broad SMARTS) is 1. The molecule has 0 saturated carbocycles. The van der Waals surface area contributed by atoms with Gasteiger partial charge in [0.05, 0.1) is 12.1 Å². The molecule has 11 heteroatoms. The van der Waals surface area contributed by atoms with E-state index < -0.39 is 54.0 Å². The van der Waals surface area contributed by atoms with E-state index in [1.54, 1.807) is 0 Å². The summed E-state index contributed by atoms with van der Waals surface area (Å²) in [7, 11) is 0. The van der Waals surface area contributed by atoms with E-state index in [1.165, 1.54) is 11.8 Å². The van der Waals surface area contributed by atoms with E-state index in [1.807, 2.05) is 13.8 Å². The molecule has 0 aromatic heterocycles. The van der Waals surface area contributed by atoms with Gasteiger partial charge in [-0.2, -0.15) is 0 Å². The normalized spacial score (nSPS) is 19.8. The molecule has 11 nitrogen and oxygen atoms in total. The quantitative estimate of drug-likeness (QED) is 0.188. The lowest BCUT2D eigenvalue weighted by Crippen LogP contribution is -2.57. The first kappa shape index (κ1) is 27.8. The van der Waals surface area contributed by atoms with Crippen molar-refractivity contribution < 1.29 is 29.4 Å². The maximum atomic E-state index is 13.3. The van der Waals surface area contributed by atoms with Crippen LogP contribution in [0.2, 0.25) is 0 Å². The molecule has 0 spiro atoms. The summed E-state index contributed by atoms with van der Waals surface area (Å²) < 4.78 is 0. The molecule has 1 saturated heterocycles. The lowest BCUT2D eigenvalue weighted by atomic mass is 10.0. The van der Waals surface area contributed by atoms with Gasteiger partial charge in [-0.25, -0.2) is 4.79 Å². The van der Waals surface area contributed by atoms with E-state index in [9.17, 15) is 29.4 Å². The fourth-order valence-electron chi connectivity index (χ4n) is 3.79. The molecule has 1 heterocycles. The predicted molar refractivity (Wildman–Crippen MR) is 118 cm³/mol. The molecular weight excluding hydrogens is 418 g/mol. The molecule has 0 aromatic rings. The lowest BCUT2D eigenvalue weighted by molar-refractivity contribution is -0.147. The van der Waals surface area contributed by atoms with Gasteiger partial charge in [0.1, 0.15) is 12.1 Å². The zero-order valence-electron chi connectivity index (χ0n) is 19.3. The van der Waals surface area contributed by atoms with Crippen LogP contribution in [0.15, 0.2) is 0 Å². The van der Waals surface area contributed by atoms with Crippen molar-refractivity contribution in [2.45, 2.75) is 89.6 Å². The number of aliphatic hydroxyl groups is 1. The molecule has 0 bridgehead atoms. The second kappa shape index (κ2) is 13.3. The van der Waals surface area contributed by atoms with Gasteiger partial charge < -0.3 is 37.2 Å². The van der Waals surface area contributed by atoms with Crippen molar-refractivity contribution in [3.05, 3.63) is 0 Å². The van der Waals surface area contributed by atoms with Crippen LogP contribution in [0.1, 0.15) is 59.3 Å². The van der Waals surface area contributed by atoms with E-state index in [4.69, 9.17) is 11.5 Å². The summed E-state index contributed by atoms with van der Waals surface area (Å²) in [6.07, 6.45) is 1.74. The molecule has 32 heavy (non-hydrogen) atoms. The number of carbonyl (C=O) groups excluding carboxylic acids is 3. The number of hydrogen-bond donors (Lipinski definition) is 6. The molecule has 8 N–H and O–H groups in total. The summed E-state index contributed by atoms with van der Waals surface area (Å²) in [5, 5.41) is 23.9. The van der Waals surface area contributed by atoms with Gasteiger partial charge in [-0.05, 0) is 57.9 Å². The molecule has 1 aliphatic heterocycles. The Hall–Kier alpha value is -2.24. The van der Waals surface area contributed by atoms with Crippen molar-refractivity contribution in [3.8, 4) is 0 Å². The Bertz CT molecular complexity index is 657. The van der Waals surface area contributed by atoms with E-state index in [0.29, 0.717) is 51.6 Å². The van der Waals surface area contributed by atoms with Crippen LogP contribution in [0.25, 0.3) is 0 Å². The summed E-state index contributed by atoms with van der Waals surface area (Å²) in [5.41, 5.74) is 11.5. The number of carboxylic acids is 1. The van der Waals surface area contributed by atoms with Gasteiger partial charge in [-0.3, -0.25) is 14.4 Å². The van der Waals surface area contributed by atoms with Gasteiger partial charge in [0.25, 0.3) is 0 Å². The number of aliphatic carboxylic acids is 1. The van der Waals surface area contributed by atoms with Gasteiger partial charge in [-0.1, -0.05) is 13.8 Å². The molecule has 5 unspecified atom stereocenters. The van der Waals surface area contributed by atoms with Crippen molar-refractivity contribution in [2.24, 2.45) is 17.4 Å². The molecule has 0 aliphatic carbocycles. The summed E-state index contributed by atoms with van der Waals surface area (Å²) >= 11 is 0. The van der Waals surface area contributed by atoms with Gasteiger partial charge in [0, 0.05) is 6.54 Å². The van der Waals surface area contributed by atoms with Crippen molar-refractivity contribution in [3.63, 3.8) is 0 Å². The highest BCUT2D eigenvalue weighted by Gasteiger charge is 2.39. The van der Waals surface area contributed by atoms with Gasteiger partial charge in [0.2, 0.25) is 17.7 Å². The Balaban J connectivity index is 2.94. The van der Waals surface area contributed by atoms with E-state index in [-0.39, 0.29) is 5.92 Å². The average Bonchev–Trinajstić information content (AvgIpc) is 3.19. The summed E-state index contributed by atoms with van der Waals surface area (Å²) in [5.74, 6) is -2.63. The fourth-order valence-corrected chi connectivity index (χ4v) is 3.79. The van der Waals surface area contributed by atoms with Crippen LogP contribution in [0.4, 0.5) is 0 Å². The average molecular weight is 458 g/mol. The molecule has 1 rings (SSSR count). The Morgan fingerprint density at radius 1 is 1.12 bits per heavy atom.